The Labute approximate surface area is 546 Å². The molecule has 0 N–H and O–H groups in total. The van der Waals surface area contributed by atoms with E-state index in [4.69, 9.17) is 20.0 Å². The molecule has 8 aromatic carbocycles. The van der Waals surface area contributed by atoms with E-state index in [1.807, 2.05) is 24.8 Å². The van der Waals surface area contributed by atoms with Gasteiger partial charge in [-0.05, 0) is 122 Å². The molecular formula is C85H87N7. The van der Waals surface area contributed by atoms with Gasteiger partial charge in [0, 0.05) is 78.3 Å². The summed E-state index contributed by atoms with van der Waals surface area (Å²) in [6, 6.07) is 73.1. The van der Waals surface area contributed by atoms with Crippen molar-refractivity contribution in [2.75, 3.05) is 0 Å². The number of rotatable bonds is 0. The van der Waals surface area contributed by atoms with Crippen LogP contribution in [-0.4, -0.2) is 42.5 Å². The number of fused-ring (bicyclic) bond motifs is 20. The summed E-state index contributed by atoms with van der Waals surface area (Å²) in [6.45, 7) is 28.0. The molecule has 3 aliphatic heterocycles. The molecule has 4 heterocycles. The van der Waals surface area contributed by atoms with Gasteiger partial charge < -0.3 is 0 Å². The molecule has 9 aromatic rings. The molecule has 0 amide bonds. The number of nitrogens with zero attached hydrogens (tertiary/aromatic N) is 7. The average molecular weight is 1210 g/mol. The number of hydrogen-bond acceptors (Lipinski definition) is 7. The van der Waals surface area contributed by atoms with E-state index in [9.17, 15) is 0 Å². The van der Waals surface area contributed by atoms with Crippen molar-refractivity contribution in [3.8, 4) is 22.3 Å². The van der Waals surface area contributed by atoms with Gasteiger partial charge in [0.15, 0.2) is 0 Å². The smallest absolute Gasteiger partial charge is 0.110 e. The topological polar surface area (TPSA) is 87.0 Å². The van der Waals surface area contributed by atoms with Crippen LogP contribution in [0, 0.1) is 21.7 Å². The Morgan fingerprint density at radius 1 is 0.250 bits per heavy atom. The standard InChI is InChI=1S/C22H21N.3C21H22N2/c1-22(2,3)21-18-10-6-4-8-15(18)17-12-13-23-14-20(17)16-9-5-7-11-19(16)21;1-21(2,3)18-14-8-4-6-10-16(14)19-20(23-13-12-22-19)17-11-7-5-9-15(17)18;2*1-21(2,3)19-15-9-5-4-8-14(15)18-12-22-13-23-20(18)17-11-7-6-10-16(17)19/h4-14,21H,1-3H3;3*4-13,18-20H,1-3H3. The van der Waals surface area contributed by atoms with Crippen LogP contribution in [0.25, 0.3) is 22.3 Å². The SMILES string of the molecule is CC(C)(C)C1c2ccccc2-c2ccncc2-c2ccccc21.CC(C)(C)C1c2ccccc2C2C=NC=NC2c2ccccc21.CC(C)(C)C1c2ccccc2C2C=NC=NC2c2ccccc21.CC(C)(C)C1c2ccccc2C2N=CC=NC2c2ccccc21. The quantitative estimate of drug-likeness (QED) is 0.149. The van der Waals surface area contributed by atoms with Crippen LogP contribution < -0.4 is 0 Å². The van der Waals surface area contributed by atoms with Crippen LogP contribution in [0.2, 0.25) is 0 Å². The number of hydrogen-bond donors (Lipinski definition) is 0. The van der Waals surface area contributed by atoms with E-state index in [0.717, 1.165) is 0 Å². The Morgan fingerprint density at radius 3 is 0.870 bits per heavy atom. The molecule has 0 saturated carbocycles. The van der Waals surface area contributed by atoms with Gasteiger partial charge in [0.2, 0.25) is 0 Å². The second kappa shape index (κ2) is 24.9. The van der Waals surface area contributed by atoms with Crippen LogP contribution in [0.3, 0.4) is 0 Å². The van der Waals surface area contributed by atoms with Gasteiger partial charge in [-0.2, -0.15) is 0 Å². The molecule has 7 aliphatic rings. The molecular weight excluding hydrogens is 1120 g/mol. The van der Waals surface area contributed by atoms with Crippen LogP contribution in [0.15, 0.2) is 243 Å². The summed E-state index contributed by atoms with van der Waals surface area (Å²) in [7, 11) is 0. The lowest BCUT2D eigenvalue weighted by Crippen LogP contribution is -2.21. The van der Waals surface area contributed by atoms with E-state index in [1.165, 1.54) is 100 Å². The zero-order chi connectivity index (χ0) is 64.1. The number of aliphatic imine (C=N–C) groups is 6. The van der Waals surface area contributed by atoms with E-state index in [2.05, 4.69) is 311 Å². The molecule has 1 aromatic heterocycles. The van der Waals surface area contributed by atoms with Crippen LogP contribution in [-0.2, 0) is 0 Å². The minimum Gasteiger partial charge on any atom is -0.281 e. The van der Waals surface area contributed by atoms with Crippen LogP contribution >= 0.6 is 0 Å². The second-order valence-corrected chi connectivity index (χ2v) is 30.1. The fourth-order valence-corrected chi connectivity index (χ4v) is 16.4. The normalized spacial score (nSPS) is 23.0. The zero-order valence-electron chi connectivity index (χ0n) is 55.6. The van der Waals surface area contributed by atoms with Gasteiger partial charge in [-0.1, -0.05) is 277 Å². The molecule has 0 radical (unpaired) electrons. The van der Waals surface area contributed by atoms with Gasteiger partial charge in [-0.15, -0.1) is 0 Å². The highest BCUT2D eigenvalue weighted by Gasteiger charge is 2.43. The van der Waals surface area contributed by atoms with Crippen molar-refractivity contribution in [3.63, 3.8) is 0 Å². The lowest BCUT2D eigenvalue weighted by Gasteiger charge is -2.33. The summed E-state index contributed by atoms with van der Waals surface area (Å²) < 4.78 is 0. The zero-order valence-corrected chi connectivity index (χ0v) is 55.6. The number of aromatic nitrogens is 1. The van der Waals surface area contributed by atoms with Crippen molar-refractivity contribution in [1.82, 2.24) is 4.98 Å². The van der Waals surface area contributed by atoms with E-state index >= 15 is 0 Å². The van der Waals surface area contributed by atoms with Crippen molar-refractivity contribution in [3.05, 3.63) is 290 Å². The van der Waals surface area contributed by atoms with Gasteiger partial charge in [0.1, 0.15) is 24.8 Å². The van der Waals surface area contributed by atoms with E-state index in [0.29, 0.717) is 23.7 Å². The third kappa shape index (κ3) is 11.6. The summed E-state index contributed by atoms with van der Waals surface area (Å²) >= 11 is 0. The Bertz CT molecular complexity index is 3800. The highest BCUT2D eigenvalue weighted by molar-refractivity contribution is 6.16. The number of pyridine rings is 1. The fraction of sp³-hybridized carbons (Fsp3) is 0.306. The Morgan fingerprint density at radius 2 is 0.522 bits per heavy atom. The van der Waals surface area contributed by atoms with E-state index in [1.54, 1.807) is 12.7 Å². The minimum atomic E-state index is 0.0877. The number of benzene rings is 8. The van der Waals surface area contributed by atoms with Gasteiger partial charge in [-0.25, -0.2) is 9.98 Å². The molecule has 462 valence electrons. The van der Waals surface area contributed by atoms with Crippen molar-refractivity contribution >= 4 is 37.5 Å². The predicted molar refractivity (Wildman–Crippen MR) is 386 cm³/mol. The van der Waals surface area contributed by atoms with Gasteiger partial charge in [0.05, 0.1) is 12.1 Å². The summed E-state index contributed by atoms with van der Waals surface area (Å²) in [5.74, 6) is 1.90. The van der Waals surface area contributed by atoms with Gasteiger partial charge in [-0.3, -0.25) is 25.0 Å². The van der Waals surface area contributed by atoms with Gasteiger partial charge >= 0.3 is 0 Å². The maximum absolute atomic E-state index is 4.79. The van der Waals surface area contributed by atoms with Gasteiger partial charge in [0.25, 0.3) is 0 Å². The monoisotopic (exact) mass is 1210 g/mol. The molecule has 16 rings (SSSR count). The Kier molecular flexibility index (Phi) is 16.7. The second-order valence-electron chi connectivity index (χ2n) is 30.1. The van der Waals surface area contributed by atoms with Crippen LogP contribution in [0.4, 0.5) is 0 Å². The third-order valence-electron chi connectivity index (χ3n) is 19.9. The van der Waals surface area contributed by atoms with E-state index < -0.39 is 0 Å². The fourth-order valence-electron chi connectivity index (χ4n) is 16.4. The molecule has 9 atom stereocenters. The molecule has 0 fully saturated rings. The first-order valence-corrected chi connectivity index (χ1v) is 33.1. The third-order valence-corrected chi connectivity index (χ3v) is 19.9. The summed E-state index contributed by atoms with van der Waals surface area (Å²) in [5, 5.41) is 0. The predicted octanol–water partition coefficient (Wildman–Crippen LogP) is 21.3. The van der Waals surface area contributed by atoms with Crippen molar-refractivity contribution in [1.29, 1.82) is 0 Å². The molecule has 0 saturated heterocycles. The highest BCUT2D eigenvalue weighted by atomic mass is 15.0. The van der Waals surface area contributed by atoms with Crippen molar-refractivity contribution in [2.24, 2.45) is 51.6 Å². The molecule has 7 heteroatoms. The van der Waals surface area contributed by atoms with Crippen LogP contribution in [0.1, 0.15) is 221 Å². The lowest BCUT2D eigenvalue weighted by atomic mass is 9.71. The summed E-state index contributed by atoms with van der Waals surface area (Å²) in [6.07, 6.45) is 15.1. The average Bonchev–Trinajstić information content (AvgIpc) is 1.63. The first kappa shape index (κ1) is 61.8. The molecule has 92 heavy (non-hydrogen) atoms. The Hall–Kier alpha value is -9.07. The minimum absolute atomic E-state index is 0.0877. The van der Waals surface area contributed by atoms with Crippen LogP contribution in [0.5, 0.6) is 0 Å². The summed E-state index contributed by atoms with van der Waals surface area (Å²) in [5.41, 5.74) is 25.1. The molecule has 0 spiro atoms. The molecule has 0 bridgehead atoms. The largest absolute Gasteiger partial charge is 0.281 e. The maximum Gasteiger partial charge on any atom is 0.110 e. The molecule has 7 nitrogen and oxygen atoms in total. The molecule has 4 aliphatic carbocycles. The Balaban J connectivity index is 0.000000112. The van der Waals surface area contributed by atoms with E-state index in [-0.39, 0.29) is 57.7 Å². The van der Waals surface area contributed by atoms with Crippen molar-refractivity contribution < 1.29 is 0 Å². The first-order chi connectivity index (χ1) is 44.3. The van der Waals surface area contributed by atoms with Crippen molar-refractivity contribution in [2.45, 2.75) is 143 Å². The maximum atomic E-state index is 4.79. The lowest BCUT2D eigenvalue weighted by molar-refractivity contribution is 0.357. The highest BCUT2D eigenvalue weighted by Crippen LogP contribution is 2.56. The summed E-state index contributed by atoms with van der Waals surface area (Å²) in [4.78, 5) is 32.2. The first-order valence-electron chi connectivity index (χ1n) is 33.1. The molecule has 9 unspecified atom stereocenters.